The van der Waals surface area contributed by atoms with Crippen LogP contribution in [0.15, 0.2) is 42.9 Å². The van der Waals surface area contributed by atoms with Gasteiger partial charge >= 0.3 is 0 Å². The summed E-state index contributed by atoms with van der Waals surface area (Å²) in [5.74, 6) is -0.613. The zero-order valence-corrected chi connectivity index (χ0v) is 16.5. The summed E-state index contributed by atoms with van der Waals surface area (Å²) in [5.41, 5.74) is 0.341. The number of amides is 2. The van der Waals surface area contributed by atoms with E-state index in [1.165, 1.54) is 24.5 Å². The Kier molecular flexibility index (Phi) is 8.35. The van der Waals surface area contributed by atoms with Crippen molar-refractivity contribution in [3.05, 3.63) is 53.7 Å². The van der Waals surface area contributed by atoms with E-state index in [0.717, 1.165) is 6.07 Å². The summed E-state index contributed by atoms with van der Waals surface area (Å²) in [5, 5.41) is 5.06. The van der Waals surface area contributed by atoms with Gasteiger partial charge in [-0.25, -0.2) is 14.4 Å². The largest absolute Gasteiger partial charge is 0.484 e. The van der Waals surface area contributed by atoms with Crippen LogP contribution in [0.2, 0.25) is 5.02 Å². The third-order valence-corrected chi connectivity index (χ3v) is 3.73. The third kappa shape index (κ3) is 7.74. The molecule has 154 valence electrons. The number of aromatic nitrogens is 2. The molecule has 0 bridgehead atoms. The topological polar surface area (TPSA) is 102 Å². The van der Waals surface area contributed by atoms with Gasteiger partial charge in [-0.2, -0.15) is 0 Å². The summed E-state index contributed by atoms with van der Waals surface area (Å²) in [6, 6.07) is 3.86. The molecule has 1 aromatic carbocycles. The molecule has 2 rings (SSSR count). The van der Waals surface area contributed by atoms with Crippen molar-refractivity contribution < 1.29 is 23.5 Å². The lowest BCUT2D eigenvalue weighted by Gasteiger charge is -2.10. The van der Waals surface area contributed by atoms with Crippen molar-refractivity contribution in [1.29, 1.82) is 0 Å². The first-order valence-electron chi connectivity index (χ1n) is 8.67. The van der Waals surface area contributed by atoms with E-state index >= 15 is 0 Å². The summed E-state index contributed by atoms with van der Waals surface area (Å²) in [4.78, 5) is 31.8. The number of nitrogens with one attached hydrogen (secondary N) is 2. The normalized spacial score (nSPS) is 10.2. The van der Waals surface area contributed by atoms with Gasteiger partial charge in [0.1, 0.15) is 11.6 Å². The van der Waals surface area contributed by atoms with Gasteiger partial charge in [-0.3, -0.25) is 9.59 Å². The van der Waals surface area contributed by atoms with E-state index in [1.807, 2.05) is 6.92 Å². The van der Waals surface area contributed by atoms with Crippen molar-refractivity contribution in [3.8, 4) is 11.6 Å². The molecule has 0 aliphatic carbocycles. The highest BCUT2D eigenvalue weighted by Crippen LogP contribution is 2.20. The summed E-state index contributed by atoms with van der Waals surface area (Å²) >= 11 is 5.58. The van der Waals surface area contributed by atoms with E-state index in [4.69, 9.17) is 21.1 Å². The maximum absolute atomic E-state index is 13.3. The number of anilines is 1. The molecule has 1 aromatic heterocycles. The minimum Gasteiger partial charge on any atom is -0.484 e. The molecule has 2 amide bonds. The Hall–Kier alpha value is -3.20. The number of halogens is 2. The first-order valence-corrected chi connectivity index (χ1v) is 9.05. The third-order valence-electron chi connectivity index (χ3n) is 3.42. The van der Waals surface area contributed by atoms with Gasteiger partial charge in [0.25, 0.3) is 5.91 Å². The molecule has 2 aromatic rings. The fourth-order valence-corrected chi connectivity index (χ4v) is 2.20. The van der Waals surface area contributed by atoms with Crippen LogP contribution in [0.5, 0.6) is 11.6 Å². The fourth-order valence-electron chi connectivity index (χ4n) is 2.08. The Morgan fingerprint density at radius 1 is 1.17 bits per heavy atom. The molecule has 0 aliphatic rings. The first kappa shape index (κ1) is 22.1. The average Bonchev–Trinajstić information content (AvgIpc) is 2.69. The van der Waals surface area contributed by atoms with Gasteiger partial charge < -0.3 is 20.1 Å². The number of ether oxygens (including phenoxy) is 2. The summed E-state index contributed by atoms with van der Waals surface area (Å²) in [6.45, 7) is 5.65. The molecule has 2 N–H and O–H groups in total. The van der Waals surface area contributed by atoms with E-state index in [1.54, 1.807) is 0 Å². The smallest absolute Gasteiger partial charge is 0.262 e. The molecule has 0 unspecified atom stereocenters. The minimum absolute atomic E-state index is 0.0373. The van der Waals surface area contributed by atoms with Crippen LogP contribution in [0.4, 0.5) is 10.2 Å². The molecule has 0 saturated carbocycles. The van der Waals surface area contributed by atoms with Crippen molar-refractivity contribution in [1.82, 2.24) is 15.3 Å². The fraction of sp³-hybridized carbons (Fsp3) is 0.263. The Bertz CT molecular complexity index is 877. The highest BCUT2D eigenvalue weighted by atomic mass is 35.5. The SMILES string of the molecule is C=C(CCC(=O)Nc1cnc(OCC)cn1)NC(=O)COc1ccc(Cl)c(F)c1. The number of hydrogen-bond donors (Lipinski definition) is 2. The van der Waals surface area contributed by atoms with E-state index in [0.29, 0.717) is 18.2 Å². The summed E-state index contributed by atoms with van der Waals surface area (Å²) in [6.07, 6.45) is 3.09. The number of carbonyl (C=O) groups excluding carboxylic acids is 2. The Balaban J connectivity index is 1.69. The van der Waals surface area contributed by atoms with Crippen LogP contribution in [-0.2, 0) is 9.59 Å². The molecular weight excluding hydrogens is 403 g/mol. The highest BCUT2D eigenvalue weighted by molar-refractivity contribution is 6.30. The number of nitrogens with zero attached hydrogens (tertiary/aromatic N) is 2. The zero-order valence-electron chi connectivity index (χ0n) is 15.7. The Morgan fingerprint density at radius 3 is 2.62 bits per heavy atom. The van der Waals surface area contributed by atoms with Gasteiger partial charge in [-0.05, 0) is 25.5 Å². The average molecular weight is 423 g/mol. The van der Waals surface area contributed by atoms with Gasteiger partial charge in [-0.15, -0.1) is 0 Å². The van der Waals surface area contributed by atoms with Crippen LogP contribution < -0.4 is 20.1 Å². The number of hydrogen-bond acceptors (Lipinski definition) is 6. The molecule has 0 aliphatic heterocycles. The summed E-state index contributed by atoms with van der Waals surface area (Å²) < 4.78 is 23.7. The Labute approximate surface area is 172 Å². The van der Waals surface area contributed by atoms with Crippen LogP contribution in [0.1, 0.15) is 19.8 Å². The molecule has 0 saturated heterocycles. The van der Waals surface area contributed by atoms with E-state index in [-0.39, 0.29) is 41.9 Å². The highest BCUT2D eigenvalue weighted by Gasteiger charge is 2.09. The number of benzene rings is 1. The van der Waals surface area contributed by atoms with Crippen LogP contribution in [0.25, 0.3) is 0 Å². The molecule has 0 radical (unpaired) electrons. The minimum atomic E-state index is -0.641. The maximum Gasteiger partial charge on any atom is 0.262 e. The zero-order chi connectivity index (χ0) is 21.2. The second-order valence-electron chi connectivity index (χ2n) is 5.74. The molecule has 10 heteroatoms. The monoisotopic (exact) mass is 422 g/mol. The quantitative estimate of drug-likeness (QED) is 0.610. The van der Waals surface area contributed by atoms with Gasteiger partial charge in [0.15, 0.2) is 12.4 Å². The van der Waals surface area contributed by atoms with Crippen LogP contribution in [0, 0.1) is 5.82 Å². The molecule has 1 heterocycles. The van der Waals surface area contributed by atoms with E-state index in [2.05, 4.69) is 27.2 Å². The molecule has 8 nitrogen and oxygen atoms in total. The van der Waals surface area contributed by atoms with Crippen LogP contribution in [0.3, 0.4) is 0 Å². The van der Waals surface area contributed by atoms with Gasteiger partial charge in [-0.1, -0.05) is 18.2 Å². The predicted molar refractivity (Wildman–Crippen MR) is 105 cm³/mol. The van der Waals surface area contributed by atoms with Crippen molar-refractivity contribution in [2.45, 2.75) is 19.8 Å². The second-order valence-corrected chi connectivity index (χ2v) is 6.14. The van der Waals surface area contributed by atoms with Crippen LogP contribution >= 0.6 is 11.6 Å². The number of allylic oxidation sites excluding steroid dienone is 1. The Morgan fingerprint density at radius 2 is 1.97 bits per heavy atom. The molecular formula is C19H20ClFN4O4. The van der Waals surface area contributed by atoms with Gasteiger partial charge in [0.2, 0.25) is 11.8 Å². The van der Waals surface area contributed by atoms with Crippen molar-refractivity contribution in [3.63, 3.8) is 0 Å². The standard InChI is InChI=1S/C19H20ClFN4O4/c1-3-28-19-10-22-16(9-23-19)25-17(26)7-4-12(2)24-18(27)11-29-13-5-6-14(20)15(21)8-13/h5-6,8-10H,2-4,7,11H2,1H3,(H,24,27)(H,22,25,26). The predicted octanol–water partition coefficient (Wildman–Crippen LogP) is 3.10. The number of rotatable bonds is 10. The van der Waals surface area contributed by atoms with Crippen molar-refractivity contribution >= 4 is 29.2 Å². The number of carbonyl (C=O) groups is 2. The maximum atomic E-state index is 13.3. The lowest BCUT2D eigenvalue weighted by molar-refractivity contribution is -0.122. The van der Waals surface area contributed by atoms with Gasteiger partial charge in [0, 0.05) is 18.2 Å². The lowest BCUT2D eigenvalue weighted by atomic mass is 10.2. The van der Waals surface area contributed by atoms with E-state index in [9.17, 15) is 14.0 Å². The first-order chi connectivity index (χ1) is 13.9. The second kappa shape index (κ2) is 11.0. The molecule has 29 heavy (non-hydrogen) atoms. The van der Waals surface area contributed by atoms with Gasteiger partial charge in [0.05, 0.1) is 24.0 Å². The molecule has 0 spiro atoms. The van der Waals surface area contributed by atoms with Crippen LogP contribution in [-0.4, -0.2) is 35.0 Å². The molecule has 0 atom stereocenters. The van der Waals surface area contributed by atoms with Crippen molar-refractivity contribution in [2.24, 2.45) is 0 Å². The van der Waals surface area contributed by atoms with E-state index < -0.39 is 11.7 Å². The lowest BCUT2D eigenvalue weighted by Crippen LogP contribution is -2.28. The molecule has 0 fully saturated rings. The van der Waals surface area contributed by atoms with Crippen molar-refractivity contribution in [2.75, 3.05) is 18.5 Å². The summed E-state index contributed by atoms with van der Waals surface area (Å²) in [7, 11) is 0.